The predicted octanol–water partition coefficient (Wildman–Crippen LogP) is 2.63. The summed E-state index contributed by atoms with van der Waals surface area (Å²) in [6.45, 7) is 1.66. The van der Waals surface area contributed by atoms with Crippen molar-refractivity contribution in [2.45, 2.75) is 0 Å². The second-order valence-corrected chi connectivity index (χ2v) is 5.35. The fourth-order valence-electron chi connectivity index (χ4n) is 2.54. The van der Waals surface area contributed by atoms with Crippen LogP contribution in [0.15, 0.2) is 58.0 Å². The lowest BCUT2D eigenvalue weighted by Gasteiger charge is -2.03. The van der Waals surface area contributed by atoms with Crippen molar-refractivity contribution in [3.63, 3.8) is 0 Å². The number of amidine groups is 1. The van der Waals surface area contributed by atoms with Gasteiger partial charge in [-0.2, -0.15) is 10.2 Å². The van der Waals surface area contributed by atoms with Gasteiger partial charge >= 0.3 is 0 Å². The number of nitrogens with one attached hydrogen (secondary N) is 1. The topological polar surface area (TPSA) is 87.1 Å². The summed E-state index contributed by atoms with van der Waals surface area (Å²) >= 11 is 0. The van der Waals surface area contributed by atoms with Gasteiger partial charge in [0.2, 0.25) is 5.82 Å². The van der Waals surface area contributed by atoms with E-state index in [9.17, 15) is 0 Å². The lowest BCUT2D eigenvalue weighted by molar-refractivity contribution is 0.432. The number of nitrogens with zero attached hydrogens (tertiary/aromatic N) is 4. The van der Waals surface area contributed by atoms with Crippen molar-refractivity contribution in [3.8, 4) is 28.9 Å². The van der Waals surface area contributed by atoms with E-state index in [1.807, 2.05) is 24.3 Å². The number of rotatable bonds is 3. The number of hydrogen-bond acceptors (Lipinski definition) is 6. The summed E-state index contributed by atoms with van der Waals surface area (Å²) in [5, 5.41) is 16.2. The third-order valence-corrected chi connectivity index (χ3v) is 3.76. The Morgan fingerprint density at radius 1 is 1.04 bits per heavy atom. The van der Waals surface area contributed by atoms with Gasteiger partial charge in [0.05, 0.1) is 18.2 Å². The van der Waals surface area contributed by atoms with Crippen LogP contribution in [0.5, 0.6) is 0 Å². The van der Waals surface area contributed by atoms with Gasteiger partial charge in [0.25, 0.3) is 5.89 Å². The molecular weight excluding hydrogens is 302 g/mol. The van der Waals surface area contributed by atoms with E-state index in [-0.39, 0.29) is 0 Å². The second-order valence-electron chi connectivity index (χ2n) is 5.35. The van der Waals surface area contributed by atoms with E-state index in [1.165, 1.54) is 0 Å². The zero-order chi connectivity index (χ0) is 16.4. The smallest absolute Gasteiger partial charge is 0.258 e. The summed E-state index contributed by atoms with van der Waals surface area (Å²) in [6.07, 6.45) is 0. The van der Waals surface area contributed by atoms with Gasteiger partial charge in [0.1, 0.15) is 5.84 Å². The minimum absolute atomic E-state index is 0.427. The molecule has 0 atom stereocenters. The number of benzene rings is 2. The minimum atomic E-state index is 0.427. The molecule has 0 unspecified atom stereocenters. The zero-order valence-corrected chi connectivity index (χ0v) is 12.7. The Bertz CT molecular complexity index is 950. The molecular formula is C18H13N5O. The Morgan fingerprint density at radius 2 is 1.88 bits per heavy atom. The molecule has 116 valence electrons. The highest BCUT2D eigenvalue weighted by molar-refractivity contribution is 6.00. The maximum absolute atomic E-state index is 8.85. The molecule has 4 rings (SSSR count). The zero-order valence-electron chi connectivity index (χ0n) is 12.7. The van der Waals surface area contributed by atoms with E-state index in [0.29, 0.717) is 17.3 Å². The molecule has 2 aromatic carbocycles. The van der Waals surface area contributed by atoms with Crippen molar-refractivity contribution in [1.29, 1.82) is 5.26 Å². The van der Waals surface area contributed by atoms with Gasteiger partial charge in [0, 0.05) is 23.2 Å². The van der Waals surface area contributed by atoms with Crippen molar-refractivity contribution in [2.75, 3.05) is 13.1 Å². The average Bonchev–Trinajstić information content (AvgIpc) is 3.34. The maximum Gasteiger partial charge on any atom is 0.258 e. The maximum atomic E-state index is 8.85. The first-order chi connectivity index (χ1) is 11.8. The van der Waals surface area contributed by atoms with Gasteiger partial charge < -0.3 is 9.84 Å². The van der Waals surface area contributed by atoms with Gasteiger partial charge in [-0.1, -0.05) is 23.4 Å². The van der Waals surface area contributed by atoms with Crippen LogP contribution in [-0.2, 0) is 0 Å². The molecule has 0 saturated heterocycles. The average molecular weight is 315 g/mol. The number of hydrogen-bond donors (Lipinski definition) is 1. The van der Waals surface area contributed by atoms with Crippen LogP contribution in [0.2, 0.25) is 0 Å². The molecule has 6 nitrogen and oxygen atoms in total. The van der Waals surface area contributed by atoms with E-state index in [1.54, 1.807) is 24.3 Å². The highest BCUT2D eigenvalue weighted by Gasteiger charge is 2.13. The van der Waals surface area contributed by atoms with Crippen molar-refractivity contribution in [3.05, 3.63) is 59.7 Å². The molecule has 2 heterocycles. The van der Waals surface area contributed by atoms with Gasteiger partial charge in [-0.3, -0.25) is 4.99 Å². The lowest BCUT2D eigenvalue weighted by Crippen LogP contribution is -2.19. The normalized spacial score (nSPS) is 13.2. The summed E-state index contributed by atoms with van der Waals surface area (Å²) in [5.74, 6) is 1.85. The molecule has 1 aliphatic heterocycles. The third-order valence-electron chi connectivity index (χ3n) is 3.76. The van der Waals surface area contributed by atoms with E-state index in [0.717, 1.165) is 35.6 Å². The monoisotopic (exact) mass is 315 g/mol. The first-order valence-corrected chi connectivity index (χ1v) is 7.57. The second kappa shape index (κ2) is 5.97. The number of nitriles is 1. The largest absolute Gasteiger partial charge is 0.368 e. The Hall–Kier alpha value is -3.46. The molecule has 0 fully saturated rings. The van der Waals surface area contributed by atoms with Crippen LogP contribution in [0.3, 0.4) is 0 Å². The van der Waals surface area contributed by atoms with Gasteiger partial charge in [-0.25, -0.2) is 0 Å². The summed E-state index contributed by atoms with van der Waals surface area (Å²) in [6, 6.07) is 17.0. The molecule has 3 aromatic rings. The van der Waals surface area contributed by atoms with Crippen molar-refractivity contribution in [2.24, 2.45) is 4.99 Å². The van der Waals surface area contributed by atoms with E-state index >= 15 is 0 Å². The number of aliphatic imine (C=N–C) groups is 1. The third kappa shape index (κ3) is 2.63. The quantitative estimate of drug-likeness (QED) is 0.803. The summed E-state index contributed by atoms with van der Waals surface area (Å²) in [7, 11) is 0. The van der Waals surface area contributed by atoms with Gasteiger partial charge in [0.15, 0.2) is 0 Å². The fraction of sp³-hybridized carbons (Fsp3) is 0.111. The van der Waals surface area contributed by atoms with Crippen LogP contribution in [-0.4, -0.2) is 29.1 Å². The van der Waals surface area contributed by atoms with Crippen molar-refractivity contribution >= 4 is 5.84 Å². The molecule has 0 bridgehead atoms. The first kappa shape index (κ1) is 14.2. The van der Waals surface area contributed by atoms with E-state index < -0.39 is 0 Å². The van der Waals surface area contributed by atoms with Crippen LogP contribution in [0.1, 0.15) is 11.1 Å². The molecule has 0 amide bonds. The van der Waals surface area contributed by atoms with Crippen molar-refractivity contribution in [1.82, 2.24) is 15.5 Å². The highest BCUT2D eigenvalue weighted by Crippen LogP contribution is 2.23. The van der Waals surface area contributed by atoms with Crippen LogP contribution >= 0.6 is 0 Å². The van der Waals surface area contributed by atoms with E-state index in [4.69, 9.17) is 9.78 Å². The fourth-order valence-corrected chi connectivity index (χ4v) is 2.54. The molecule has 1 N–H and O–H groups in total. The Balaban J connectivity index is 1.65. The van der Waals surface area contributed by atoms with Gasteiger partial charge in [-0.05, 0) is 30.3 Å². The Labute approximate surface area is 138 Å². The molecule has 0 spiro atoms. The predicted molar refractivity (Wildman–Crippen MR) is 89.3 cm³/mol. The minimum Gasteiger partial charge on any atom is -0.368 e. The Kier molecular flexibility index (Phi) is 3.52. The van der Waals surface area contributed by atoms with Crippen LogP contribution in [0.4, 0.5) is 0 Å². The number of aromatic nitrogens is 2. The Morgan fingerprint density at radius 3 is 2.62 bits per heavy atom. The highest BCUT2D eigenvalue weighted by atomic mass is 16.5. The summed E-state index contributed by atoms with van der Waals surface area (Å²) in [4.78, 5) is 8.88. The molecule has 24 heavy (non-hydrogen) atoms. The first-order valence-electron chi connectivity index (χ1n) is 7.57. The molecule has 0 saturated carbocycles. The van der Waals surface area contributed by atoms with Crippen LogP contribution in [0, 0.1) is 11.3 Å². The summed E-state index contributed by atoms with van der Waals surface area (Å²) in [5.41, 5.74) is 3.25. The molecule has 0 radical (unpaired) electrons. The molecule has 0 aliphatic carbocycles. The standard InChI is InChI=1S/C18H13N5O/c19-11-12-4-6-13(7-5-12)18-22-17(23-24-18)15-3-1-2-14(10-15)16-20-8-9-21-16/h1-7,10H,8-9H2,(H,20,21). The van der Waals surface area contributed by atoms with Crippen LogP contribution in [0.25, 0.3) is 22.8 Å². The van der Waals surface area contributed by atoms with Crippen molar-refractivity contribution < 1.29 is 4.52 Å². The van der Waals surface area contributed by atoms with Gasteiger partial charge in [-0.15, -0.1) is 0 Å². The molecule has 6 heteroatoms. The summed E-state index contributed by atoms with van der Waals surface area (Å²) < 4.78 is 5.35. The van der Waals surface area contributed by atoms with E-state index in [2.05, 4.69) is 26.5 Å². The molecule has 1 aromatic heterocycles. The van der Waals surface area contributed by atoms with Crippen LogP contribution < -0.4 is 5.32 Å². The lowest BCUT2D eigenvalue weighted by atomic mass is 10.1. The molecule has 1 aliphatic rings. The SMILES string of the molecule is N#Cc1ccc(-c2nc(-c3cccc(C4=NCCN4)c3)no2)cc1.